The maximum atomic E-state index is 13.2. The summed E-state index contributed by atoms with van der Waals surface area (Å²) in [4.78, 5) is 35.6. The third-order valence-corrected chi connectivity index (χ3v) is 11.4. The Kier molecular flexibility index (Phi) is 9.21. The summed E-state index contributed by atoms with van der Waals surface area (Å²) in [6.07, 6.45) is 5.69. The van der Waals surface area contributed by atoms with Gasteiger partial charge in [0.1, 0.15) is 11.3 Å². The summed E-state index contributed by atoms with van der Waals surface area (Å²) in [5.41, 5.74) is 4.15. The van der Waals surface area contributed by atoms with E-state index in [4.69, 9.17) is 0 Å². The number of hydrogen-bond donors (Lipinski definition) is 0. The molecule has 14 heteroatoms. The lowest BCUT2D eigenvalue weighted by Crippen LogP contribution is -2.13. The van der Waals surface area contributed by atoms with Gasteiger partial charge in [-0.05, 0) is 64.8 Å². The fourth-order valence-electron chi connectivity index (χ4n) is 4.78. The zero-order valence-corrected chi connectivity index (χ0v) is 28.0. The average molecular weight is 663 g/mol. The van der Waals surface area contributed by atoms with Gasteiger partial charge in [0.2, 0.25) is 10.9 Å². The Bertz CT molecular complexity index is 1950. The summed E-state index contributed by atoms with van der Waals surface area (Å²) >= 11 is 6.22. The molecule has 0 unspecified atom stereocenters. The highest BCUT2D eigenvalue weighted by atomic mass is 32.2. The molecule has 0 radical (unpaired) electrons. The Morgan fingerprint density at radius 1 is 0.659 bits per heavy atom. The zero-order chi connectivity index (χ0) is 30.8. The maximum Gasteiger partial charge on any atom is 0.201 e. The molecular weight excluding hydrogens is 633 g/mol. The van der Waals surface area contributed by atoms with Crippen LogP contribution in [0, 0.1) is 13.8 Å². The number of nitrogens with zero attached hydrogens (tertiary/aromatic N) is 8. The molecule has 226 valence electrons. The van der Waals surface area contributed by atoms with Crippen molar-refractivity contribution < 1.29 is 0 Å². The van der Waals surface area contributed by atoms with Gasteiger partial charge in [-0.2, -0.15) is 0 Å². The number of hydrogen-bond acceptors (Lipinski definition) is 12. The Morgan fingerprint density at radius 2 is 1.09 bits per heavy atom. The first kappa shape index (κ1) is 30.6. The first-order valence-electron chi connectivity index (χ1n) is 14.3. The van der Waals surface area contributed by atoms with Crippen molar-refractivity contribution in [1.82, 2.24) is 39.5 Å². The molecule has 0 aliphatic heterocycles. The van der Waals surface area contributed by atoms with Crippen molar-refractivity contribution in [2.75, 3.05) is 11.5 Å². The van der Waals surface area contributed by atoms with Gasteiger partial charge in [-0.25, -0.2) is 9.97 Å². The fraction of sp³-hybridized carbons (Fsp3) is 0.333. The summed E-state index contributed by atoms with van der Waals surface area (Å²) < 4.78 is 5.69. The molecule has 0 aromatic carbocycles. The monoisotopic (exact) mass is 662 g/mol. The molecule has 6 rings (SSSR count). The highest BCUT2D eigenvalue weighted by Crippen LogP contribution is 2.31. The molecular formula is C30H30N8O2S4. The molecule has 0 N–H and O–H groups in total. The Labute approximate surface area is 270 Å². The maximum absolute atomic E-state index is 13.2. The summed E-state index contributed by atoms with van der Waals surface area (Å²) in [6, 6.07) is 7.42. The summed E-state index contributed by atoms with van der Waals surface area (Å²) in [5, 5.41) is 19.8. The lowest BCUT2D eigenvalue weighted by Gasteiger charge is -2.09. The van der Waals surface area contributed by atoms with Crippen molar-refractivity contribution >= 4 is 68.3 Å². The van der Waals surface area contributed by atoms with Crippen molar-refractivity contribution in [3.63, 3.8) is 0 Å². The number of aromatic nitrogens is 8. The SMILES string of the molecule is CCn1cc(-c2nnc(SCCCCSc3nnc(-c4cn(CC)c5nc(C)ccc5c4=O)s3)s2)c(=O)c2ccc(C)nc21. The Morgan fingerprint density at radius 3 is 1.50 bits per heavy atom. The molecule has 0 amide bonds. The van der Waals surface area contributed by atoms with Crippen LogP contribution in [0.5, 0.6) is 0 Å². The van der Waals surface area contributed by atoms with Crippen molar-refractivity contribution in [1.29, 1.82) is 0 Å². The van der Waals surface area contributed by atoms with Gasteiger partial charge in [-0.3, -0.25) is 9.59 Å². The van der Waals surface area contributed by atoms with Crippen LogP contribution >= 0.6 is 46.2 Å². The topological polar surface area (TPSA) is 121 Å². The fourth-order valence-corrected chi connectivity index (χ4v) is 8.64. The summed E-state index contributed by atoms with van der Waals surface area (Å²) in [7, 11) is 0. The van der Waals surface area contributed by atoms with E-state index in [2.05, 4.69) is 30.4 Å². The molecule has 0 spiro atoms. The van der Waals surface area contributed by atoms with E-state index in [1.54, 1.807) is 23.5 Å². The molecule has 44 heavy (non-hydrogen) atoms. The molecule has 0 atom stereocenters. The first-order chi connectivity index (χ1) is 21.4. The highest BCUT2D eigenvalue weighted by molar-refractivity contribution is 8.01. The van der Waals surface area contributed by atoms with E-state index in [1.165, 1.54) is 22.7 Å². The Hall–Kier alpha value is -3.46. The van der Waals surface area contributed by atoms with E-state index in [0.29, 0.717) is 56.3 Å². The van der Waals surface area contributed by atoms with Gasteiger partial charge in [-0.15, -0.1) is 20.4 Å². The molecule has 0 bridgehead atoms. The minimum atomic E-state index is -0.0644. The molecule has 0 saturated heterocycles. The van der Waals surface area contributed by atoms with Crippen LogP contribution in [0.4, 0.5) is 0 Å². The van der Waals surface area contributed by atoms with Crippen LogP contribution in [0.1, 0.15) is 38.1 Å². The lowest BCUT2D eigenvalue weighted by molar-refractivity contribution is 0.776. The van der Waals surface area contributed by atoms with Crippen LogP contribution < -0.4 is 10.9 Å². The van der Waals surface area contributed by atoms with Crippen LogP contribution in [0.2, 0.25) is 0 Å². The molecule has 0 saturated carbocycles. The second kappa shape index (κ2) is 13.3. The smallest absolute Gasteiger partial charge is 0.201 e. The van der Waals surface area contributed by atoms with Crippen molar-refractivity contribution in [3.8, 4) is 21.1 Å². The van der Waals surface area contributed by atoms with Crippen LogP contribution in [0.25, 0.3) is 43.2 Å². The van der Waals surface area contributed by atoms with Gasteiger partial charge in [0, 0.05) is 48.4 Å². The van der Waals surface area contributed by atoms with Gasteiger partial charge in [0.05, 0.1) is 21.9 Å². The number of pyridine rings is 4. The van der Waals surface area contributed by atoms with Gasteiger partial charge in [0.25, 0.3) is 0 Å². The standard InChI is InChI=1S/C30H30N8O2S4/c1-5-37-15-21(23(39)19-11-9-17(3)31-25(19)37)27-33-35-29(43-27)41-13-7-8-14-42-30-36-34-28(44-30)22-16-38(6-2)26-20(24(22)40)12-10-18(4)32-26/h9-12,15-16H,5-8,13-14H2,1-4H3. The number of rotatable bonds is 11. The van der Waals surface area contributed by atoms with E-state index in [-0.39, 0.29) is 10.9 Å². The van der Waals surface area contributed by atoms with Crippen molar-refractivity contribution in [2.24, 2.45) is 0 Å². The molecule has 10 nitrogen and oxygen atoms in total. The van der Waals surface area contributed by atoms with E-state index in [9.17, 15) is 9.59 Å². The molecule has 0 fully saturated rings. The van der Waals surface area contributed by atoms with Gasteiger partial charge < -0.3 is 9.13 Å². The number of aryl methyl sites for hydroxylation is 4. The predicted molar refractivity (Wildman–Crippen MR) is 181 cm³/mol. The zero-order valence-electron chi connectivity index (χ0n) is 24.7. The van der Waals surface area contributed by atoms with Crippen molar-refractivity contribution in [2.45, 2.75) is 62.3 Å². The van der Waals surface area contributed by atoms with Crippen LogP contribution in [0.15, 0.2) is 54.9 Å². The van der Waals surface area contributed by atoms with Crippen LogP contribution in [-0.2, 0) is 13.1 Å². The number of fused-ring (bicyclic) bond motifs is 2. The lowest BCUT2D eigenvalue weighted by atomic mass is 10.2. The third kappa shape index (κ3) is 6.21. The van der Waals surface area contributed by atoms with Crippen LogP contribution in [-0.4, -0.2) is 51.0 Å². The quantitative estimate of drug-likeness (QED) is 0.113. The third-order valence-electron chi connectivity index (χ3n) is 7.07. The second-order valence-corrected chi connectivity index (χ2v) is 14.8. The first-order valence-corrected chi connectivity index (χ1v) is 17.9. The predicted octanol–water partition coefficient (Wildman–Crippen LogP) is 6.46. The highest BCUT2D eigenvalue weighted by Gasteiger charge is 2.17. The molecule has 0 aliphatic carbocycles. The number of thioether (sulfide) groups is 2. The van der Waals surface area contributed by atoms with Gasteiger partial charge >= 0.3 is 0 Å². The molecule has 6 heterocycles. The van der Waals surface area contributed by atoms with E-state index in [0.717, 1.165) is 44.4 Å². The Balaban J connectivity index is 1.04. The normalized spacial score (nSPS) is 11.6. The summed E-state index contributed by atoms with van der Waals surface area (Å²) in [5.74, 6) is 1.80. The van der Waals surface area contributed by atoms with Gasteiger partial charge in [0.15, 0.2) is 18.7 Å². The molecule has 6 aromatic rings. The minimum Gasteiger partial charge on any atom is -0.332 e. The summed E-state index contributed by atoms with van der Waals surface area (Å²) in [6.45, 7) is 9.33. The average Bonchev–Trinajstić information content (AvgIpc) is 3.69. The number of unbranched alkanes of at least 4 members (excludes halogenated alkanes) is 1. The molecule has 0 aliphatic rings. The van der Waals surface area contributed by atoms with Crippen molar-refractivity contribution in [3.05, 3.63) is 68.5 Å². The van der Waals surface area contributed by atoms with E-state index >= 15 is 0 Å². The van der Waals surface area contributed by atoms with Crippen LogP contribution in [0.3, 0.4) is 0 Å². The van der Waals surface area contributed by atoms with E-state index < -0.39 is 0 Å². The molecule has 6 aromatic heterocycles. The minimum absolute atomic E-state index is 0.0644. The second-order valence-electron chi connectivity index (χ2n) is 10.1. The largest absolute Gasteiger partial charge is 0.332 e. The van der Waals surface area contributed by atoms with E-state index in [1.807, 2.05) is 73.5 Å². The van der Waals surface area contributed by atoms with Gasteiger partial charge in [-0.1, -0.05) is 46.2 Å².